The first-order valence-electron chi connectivity index (χ1n) is 11.9. The Morgan fingerprint density at radius 3 is 2.50 bits per heavy atom. The molecule has 0 aromatic heterocycles. The standard InChI is InChI=1S/C25H37N3O2/c29-25(26-20-24-9-5-19-30-24)22-10-17-28(18-11-22)23-12-15-27(16-13-23)14-4-8-21-6-2-1-3-7-21/h1-4,6-8,22-24H,5,9-20H2,(H,26,29)/b8-4+/t24-/m0/s1. The third-order valence-corrected chi connectivity index (χ3v) is 6.98. The highest BCUT2D eigenvalue weighted by Crippen LogP contribution is 2.24. The number of likely N-dealkylation sites (tertiary alicyclic amines) is 2. The van der Waals surface area contributed by atoms with E-state index in [-0.39, 0.29) is 17.9 Å². The predicted molar refractivity (Wildman–Crippen MR) is 121 cm³/mol. The van der Waals surface area contributed by atoms with Crippen molar-refractivity contribution in [3.05, 3.63) is 42.0 Å². The third kappa shape index (κ3) is 6.16. The molecule has 3 fully saturated rings. The Bertz CT molecular complexity index is 671. The summed E-state index contributed by atoms with van der Waals surface area (Å²) in [5.41, 5.74) is 1.27. The molecule has 3 heterocycles. The number of rotatable bonds is 7. The second-order valence-electron chi connectivity index (χ2n) is 9.04. The number of hydrogen-bond donors (Lipinski definition) is 1. The maximum absolute atomic E-state index is 12.5. The van der Waals surface area contributed by atoms with Gasteiger partial charge in [0.25, 0.3) is 0 Å². The number of nitrogens with one attached hydrogen (secondary N) is 1. The average Bonchev–Trinajstić information content (AvgIpc) is 3.33. The molecule has 1 amide bonds. The van der Waals surface area contributed by atoms with Gasteiger partial charge >= 0.3 is 0 Å². The number of benzene rings is 1. The molecule has 0 saturated carbocycles. The highest BCUT2D eigenvalue weighted by molar-refractivity contribution is 5.78. The molecule has 4 rings (SSSR count). The van der Waals surface area contributed by atoms with Crippen LogP contribution in [-0.2, 0) is 9.53 Å². The first kappa shape index (κ1) is 21.5. The molecule has 3 aliphatic rings. The van der Waals surface area contributed by atoms with E-state index in [9.17, 15) is 4.79 Å². The largest absolute Gasteiger partial charge is 0.376 e. The highest BCUT2D eigenvalue weighted by Gasteiger charge is 2.30. The molecular formula is C25H37N3O2. The zero-order valence-electron chi connectivity index (χ0n) is 18.2. The number of hydrogen-bond acceptors (Lipinski definition) is 4. The molecule has 0 spiro atoms. The lowest BCUT2D eigenvalue weighted by Gasteiger charge is -2.41. The predicted octanol–water partition coefficient (Wildman–Crippen LogP) is 3.17. The molecule has 1 aromatic rings. The van der Waals surface area contributed by atoms with Crippen molar-refractivity contribution in [2.24, 2.45) is 5.92 Å². The maximum Gasteiger partial charge on any atom is 0.223 e. The van der Waals surface area contributed by atoms with Gasteiger partial charge < -0.3 is 15.0 Å². The number of piperidine rings is 2. The van der Waals surface area contributed by atoms with Gasteiger partial charge in [0.15, 0.2) is 0 Å². The molecule has 1 atom stereocenters. The summed E-state index contributed by atoms with van der Waals surface area (Å²) >= 11 is 0. The van der Waals surface area contributed by atoms with Crippen molar-refractivity contribution < 1.29 is 9.53 Å². The van der Waals surface area contributed by atoms with Gasteiger partial charge in [-0.3, -0.25) is 9.69 Å². The van der Waals surface area contributed by atoms with Crippen LogP contribution in [0.2, 0.25) is 0 Å². The number of nitrogens with zero attached hydrogens (tertiary/aromatic N) is 2. The fourth-order valence-electron chi connectivity index (χ4n) is 5.06. The molecule has 164 valence electrons. The minimum atomic E-state index is 0.186. The van der Waals surface area contributed by atoms with Gasteiger partial charge in [0, 0.05) is 31.7 Å². The van der Waals surface area contributed by atoms with Gasteiger partial charge in [0.1, 0.15) is 0 Å². The van der Waals surface area contributed by atoms with E-state index in [1.807, 2.05) is 0 Å². The fraction of sp³-hybridized carbons (Fsp3) is 0.640. The molecule has 5 nitrogen and oxygen atoms in total. The van der Waals surface area contributed by atoms with Crippen LogP contribution in [0.15, 0.2) is 36.4 Å². The summed E-state index contributed by atoms with van der Waals surface area (Å²) in [7, 11) is 0. The number of carbonyl (C=O) groups is 1. The van der Waals surface area contributed by atoms with Crippen molar-refractivity contribution in [1.82, 2.24) is 15.1 Å². The van der Waals surface area contributed by atoms with Crippen molar-refractivity contribution in [3.63, 3.8) is 0 Å². The summed E-state index contributed by atoms with van der Waals surface area (Å²) in [6.45, 7) is 7.05. The Labute approximate surface area is 181 Å². The van der Waals surface area contributed by atoms with Crippen molar-refractivity contribution in [2.45, 2.75) is 50.7 Å². The van der Waals surface area contributed by atoms with Gasteiger partial charge in [0.2, 0.25) is 5.91 Å². The molecule has 30 heavy (non-hydrogen) atoms. The van der Waals surface area contributed by atoms with E-state index in [2.05, 4.69) is 57.6 Å². The molecule has 1 aromatic carbocycles. The summed E-state index contributed by atoms with van der Waals surface area (Å²) in [5, 5.41) is 3.13. The second-order valence-corrected chi connectivity index (χ2v) is 9.04. The lowest BCUT2D eigenvalue weighted by atomic mass is 9.92. The summed E-state index contributed by atoms with van der Waals surface area (Å²) in [4.78, 5) is 17.7. The first-order valence-corrected chi connectivity index (χ1v) is 11.9. The molecule has 0 radical (unpaired) electrons. The lowest BCUT2D eigenvalue weighted by Crippen LogP contribution is -2.49. The Balaban J connectivity index is 1.12. The zero-order valence-corrected chi connectivity index (χ0v) is 18.2. The quantitative estimate of drug-likeness (QED) is 0.749. The number of carbonyl (C=O) groups excluding carboxylic acids is 1. The minimum Gasteiger partial charge on any atom is -0.376 e. The van der Waals surface area contributed by atoms with Crippen LogP contribution in [0.5, 0.6) is 0 Å². The normalized spacial score (nSPS) is 25.1. The third-order valence-electron chi connectivity index (χ3n) is 6.98. The molecule has 5 heteroatoms. The maximum atomic E-state index is 12.5. The van der Waals surface area contributed by atoms with Gasteiger partial charge in [-0.2, -0.15) is 0 Å². The molecule has 0 bridgehead atoms. The van der Waals surface area contributed by atoms with E-state index in [1.54, 1.807) is 0 Å². The summed E-state index contributed by atoms with van der Waals surface area (Å²) in [6, 6.07) is 11.2. The summed E-state index contributed by atoms with van der Waals surface area (Å²) < 4.78 is 5.61. The van der Waals surface area contributed by atoms with Gasteiger partial charge in [-0.05, 0) is 70.3 Å². The zero-order chi connectivity index (χ0) is 20.6. The SMILES string of the molecule is O=C(NC[C@@H]1CCCO1)C1CCN(C2CCN(C/C=C/c3ccccc3)CC2)CC1. The highest BCUT2D eigenvalue weighted by atomic mass is 16.5. The monoisotopic (exact) mass is 411 g/mol. The average molecular weight is 412 g/mol. The van der Waals surface area contributed by atoms with Crippen molar-refractivity contribution >= 4 is 12.0 Å². The number of amides is 1. The second kappa shape index (κ2) is 11.1. The van der Waals surface area contributed by atoms with Crippen molar-refractivity contribution in [3.8, 4) is 0 Å². The molecular weight excluding hydrogens is 374 g/mol. The van der Waals surface area contributed by atoms with Gasteiger partial charge in [0.05, 0.1) is 6.10 Å². The van der Waals surface area contributed by atoms with Crippen molar-refractivity contribution in [2.75, 3.05) is 45.9 Å². The van der Waals surface area contributed by atoms with Gasteiger partial charge in [-0.1, -0.05) is 42.5 Å². The molecule has 0 unspecified atom stereocenters. The van der Waals surface area contributed by atoms with E-state index in [1.165, 1.54) is 31.5 Å². The van der Waals surface area contributed by atoms with Crippen molar-refractivity contribution in [1.29, 1.82) is 0 Å². The van der Waals surface area contributed by atoms with Crippen LogP contribution in [0.1, 0.15) is 44.1 Å². The Kier molecular flexibility index (Phi) is 7.95. The fourth-order valence-corrected chi connectivity index (χ4v) is 5.06. The number of ether oxygens (including phenoxy) is 1. The van der Waals surface area contributed by atoms with E-state index in [0.717, 1.165) is 51.9 Å². The van der Waals surface area contributed by atoms with E-state index in [4.69, 9.17) is 4.74 Å². The Morgan fingerprint density at radius 1 is 1.03 bits per heavy atom. The summed E-state index contributed by atoms with van der Waals surface area (Å²) in [5.74, 6) is 0.427. The minimum absolute atomic E-state index is 0.186. The topological polar surface area (TPSA) is 44.8 Å². The van der Waals surface area contributed by atoms with Crippen LogP contribution in [0.4, 0.5) is 0 Å². The van der Waals surface area contributed by atoms with E-state index in [0.29, 0.717) is 12.6 Å². The van der Waals surface area contributed by atoms with Crippen LogP contribution in [0.3, 0.4) is 0 Å². The van der Waals surface area contributed by atoms with Crippen LogP contribution in [-0.4, -0.2) is 73.7 Å². The Morgan fingerprint density at radius 2 is 1.80 bits per heavy atom. The molecule has 3 aliphatic heterocycles. The molecule has 1 N–H and O–H groups in total. The van der Waals surface area contributed by atoms with Crippen LogP contribution in [0.25, 0.3) is 6.08 Å². The van der Waals surface area contributed by atoms with E-state index < -0.39 is 0 Å². The van der Waals surface area contributed by atoms with E-state index >= 15 is 0 Å². The molecule has 3 saturated heterocycles. The first-order chi connectivity index (χ1) is 14.8. The van der Waals surface area contributed by atoms with Crippen LogP contribution in [0, 0.1) is 5.92 Å². The van der Waals surface area contributed by atoms with Crippen LogP contribution < -0.4 is 5.32 Å². The Hall–Kier alpha value is -1.69. The molecule has 0 aliphatic carbocycles. The lowest BCUT2D eigenvalue weighted by molar-refractivity contribution is -0.127. The van der Waals surface area contributed by atoms with Gasteiger partial charge in [-0.15, -0.1) is 0 Å². The van der Waals surface area contributed by atoms with Gasteiger partial charge in [-0.25, -0.2) is 0 Å². The summed E-state index contributed by atoms with van der Waals surface area (Å²) in [6.07, 6.45) is 11.4. The van der Waals surface area contributed by atoms with Crippen LogP contribution >= 0.6 is 0 Å². The smallest absolute Gasteiger partial charge is 0.223 e.